The van der Waals surface area contributed by atoms with Gasteiger partial charge in [0.2, 0.25) is 0 Å². The number of rotatable bonds is 5. The maximum atomic E-state index is 6.05. The monoisotopic (exact) mass is 485 g/mol. The second kappa shape index (κ2) is 8.55. The number of hydrogen-bond donors (Lipinski definition) is 1. The minimum Gasteiger partial charge on any atom is -0.497 e. The Bertz CT molecular complexity index is 660. The smallest absolute Gasteiger partial charge is 0.194 e. The van der Waals surface area contributed by atoms with Crippen molar-refractivity contribution in [2.45, 2.75) is 51.3 Å². The van der Waals surface area contributed by atoms with Crippen LogP contribution in [0.3, 0.4) is 0 Å². The highest BCUT2D eigenvalue weighted by Gasteiger charge is 2.66. The zero-order chi connectivity index (χ0) is 18.1. The summed E-state index contributed by atoms with van der Waals surface area (Å²) in [5, 5.41) is 3.83. The number of guanidine groups is 1. The lowest BCUT2D eigenvalue weighted by molar-refractivity contribution is -0.171. The Kier molecular flexibility index (Phi) is 6.56. The summed E-state index contributed by atoms with van der Waals surface area (Å²) in [5.41, 5.74) is 1.63. The molecule has 0 amide bonds. The van der Waals surface area contributed by atoms with E-state index in [4.69, 9.17) is 14.5 Å². The first-order valence-electron chi connectivity index (χ1n) is 9.94. The first-order chi connectivity index (χ1) is 12.7. The van der Waals surface area contributed by atoms with Crippen molar-refractivity contribution in [2.75, 3.05) is 27.3 Å². The first-order valence-corrected chi connectivity index (χ1v) is 9.94. The van der Waals surface area contributed by atoms with E-state index in [9.17, 15) is 0 Å². The van der Waals surface area contributed by atoms with Gasteiger partial charge in [0.1, 0.15) is 5.75 Å². The lowest BCUT2D eigenvalue weighted by Crippen LogP contribution is -2.72. The largest absolute Gasteiger partial charge is 0.497 e. The number of benzene rings is 1. The van der Waals surface area contributed by atoms with E-state index in [2.05, 4.69) is 36.3 Å². The zero-order valence-corrected chi connectivity index (χ0v) is 18.9. The molecule has 3 atom stereocenters. The van der Waals surface area contributed by atoms with Gasteiger partial charge in [0.05, 0.1) is 13.2 Å². The topological polar surface area (TPSA) is 46.1 Å². The maximum Gasteiger partial charge on any atom is 0.194 e. The van der Waals surface area contributed by atoms with Gasteiger partial charge in [-0.15, -0.1) is 24.0 Å². The Balaban J connectivity index is 0.00000210. The van der Waals surface area contributed by atoms with Crippen LogP contribution in [0.5, 0.6) is 5.75 Å². The van der Waals surface area contributed by atoms with E-state index in [1.54, 1.807) is 7.11 Å². The van der Waals surface area contributed by atoms with Crippen LogP contribution in [-0.2, 0) is 11.3 Å². The van der Waals surface area contributed by atoms with Crippen LogP contribution in [0.25, 0.3) is 0 Å². The zero-order valence-electron chi connectivity index (χ0n) is 16.6. The molecule has 0 bridgehead atoms. The molecule has 1 aliphatic heterocycles. The Morgan fingerprint density at radius 2 is 2.07 bits per heavy atom. The molecule has 2 aliphatic carbocycles. The molecular formula is C21H32IN3O2. The van der Waals surface area contributed by atoms with Crippen molar-refractivity contribution in [3.63, 3.8) is 0 Å². The highest BCUT2D eigenvalue weighted by molar-refractivity contribution is 14.0. The van der Waals surface area contributed by atoms with Crippen LogP contribution in [0.1, 0.15) is 38.2 Å². The molecule has 0 radical (unpaired) electrons. The fraction of sp³-hybridized carbons (Fsp3) is 0.667. The number of nitrogens with one attached hydrogen (secondary N) is 1. The van der Waals surface area contributed by atoms with Gasteiger partial charge < -0.3 is 19.7 Å². The fourth-order valence-corrected chi connectivity index (χ4v) is 5.10. The third-order valence-electron chi connectivity index (χ3n) is 6.57. The number of hydrogen-bond acceptors (Lipinski definition) is 3. The molecule has 5 nitrogen and oxygen atoms in total. The summed E-state index contributed by atoms with van der Waals surface area (Å²) in [6, 6.07) is 8.80. The molecule has 1 N–H and O–H groups in total. The predicted molar refractivity (Wildman–Crippen MR) is 119 cm³/mol. The van der Waals surface area contributed by atoms with Crippen molar-refractivity contribution in [3.8, 4) is 5.75 Å². The number of halogens is 1. The molecule has 1 aromatic carbocycles. The van der Waals surface area contributed by atoms with Crippen molar-refractivity contribution in [3.05, 3.63) is 29.8 Å². The average molecular weight is 485 g/mol. The molecule has 27 heavy (non-hydrogen) atoms. The summed E-state index contributed by atoms with van der Waals surface area (Å²) in [6.07, 6.45) is 5.61. The molecule has 3 aliphatic rings. The minimum atomic E-state index is 0. The summed E-state index contributed by atoms with van der Waals surface area (Å²) >= 11 is 0. The van der Waals surface area contributed by atoms with Gasteiger partial charge in [-0.05, 0) is 43.9 Å². The molecule has 0 aromatic heterocycles. The Morgan fingerprint density at radius 3 is 2.67 bits per heavy atom. The minimum absolute atomic E-state index is 0. The number of aliphatic imine (C=N–C) groups is 1. The Morgan fingerprint density at radius 1 is 1.33 bits per heavy atom. The second-order valence-electron chi connectivity index (χ2n) is 7.95. The molecule has 3 fully saturated rings. The van der Waals surface area contributed by atoms with Gasteiger partial charge in [-0.1, -0.05) is 18.6 Å². The van der Waals surface area contributed by atoms with Crippen molar-refractivity contribution >= 4 is 29.9 Å². The first kappa shape index (κ1) is 20.7. The quantitative estimate of drug-likeness (QED) is 0.393. The van der Waals surface area contributed by atoms with Gasteiger partial charge in [-0.3, -0.25) is 4.99 Å². The lowest BCUT2D eigenvalue weighted by Gasteiger charge is -2.63. The van der Waals surface area contributed by atoms with Crippen LogP contribution < -0.4 is 10.1 Å². The third kappa shape index (κ3) is 3.67. The van der Waals surface area contributed by atoms with Crippen molar-refractivity contribution < 1.29 is 9.47 Å². The summed E-state index contributed by atoms with van der Waals surface area (Å²) in [5.74, 6) is 2.57. The van der Waals surface area contributed by atoms with Gasteiger partial charge in [0.15, 0.2) is 5.96 Å². The van der Waals surface area contributed by atoms with E-state index in [0.717, 1.165) is 31.4 Å². The van der Waals surface area contributed by atoms with E-state index in [-0.39, 0.29) is 24.0 Å². The normalized spacial score (nSPS) is 27.8. The van der Waals surface area contributed by atoms with Gasteiger partial charge in [-0.25, -0.2) is 0 Å². The van der Waals surface area contributed by atoms with Crippen LogP contribution in [0.2, 0.25) is 0 Å². The highest BCUT2D eigenvalue weighted by Crippen LogP contribution is 2.62. The van der Waals surface area contributed by atoms with E-state index >= 15 is 0 Å². The van der Waals surface area contributed by atoms with E-state index in [1.165, 1.54) is 31.2 Å². The molecule has 2 saturated carbocycles. The molecule has 1 aromatic rings. The second-order valence-corrected chi connectivity index (χ2v) is 7.95. The number of methoxy groups -OCH3 is 1. The summed E-state index contributed by atoms with van der Waals surface area (Å²) < 4.78 is 11.3. The molecular weight excluding hydrogens is 453 g/mol. The molecule has 1 heterocycles. The molecule has 3 unspecified atom stereocenters. The molecule has 6 heteroatoms. The third-order valence-corrected chi connectivity index (χ3v) is 6.57. The van der Waals surface area contributed by atoms with Crippen LogP contribution in [0, 0.1) is 11.3 Å². The number of fused-ring (bicyclic) bond motifs is 2. The van der Waals surface area contributed by atoms with Gasteiger partial charge in [0.25, 0.3) is 0 Å². The molecule has 4 rings (SSSR count). The predicted octanol–water partition coefficient (Wildman–Crippen LogP) is 3.67. The van der Waals surface area contributed by atoms with Gasteiger partial charge in [-0.2, -0.15) is 0 Å². The van der Waals surface area contributed by atoms with E-state index < -0.39 is 0 Å². The Labute approximate surface area is 179 Å². The highest BCUT2D eigenvalue weighted by atomic mass is 127. The summed E-state index contributed by atoms with van der Waals surface area (Å²) in [7, 11) is 3.83. The maximum absolute atomic E-state index is 6.05. The average Bonchev–Trinajstić information content (AvgIpc) is 3.03. The van der Waals surface area contributed by atoms with Crippen LogP contribution in [0.15, 0.2) is 29.3 Å². The van der Waals surface area contributed by atoms with Crippen molar-refractivity contribution in [1.82, 2.24) is 10.2 Å². The van der Waals surface area contributed by atoms with Crippen molar-refractivity contribution in [1.29, 1.82) is 0 Å². The number of ether oxygens (including phenoxy) is 2. The standard InChI is InChI=1S/C21H31N3O2.HI/c1-4-22-20(24(2)14-15-6-8-16(25-3)9-7-15)23-18-17-10-13-26-19(17)21(18)11-5-12-21;/h6-9,17-19H,4-5,10-14H2,1-3H3,(H,22,23);1H. The van der Waals surface area contributed by atoms with Gasteiger partial charge in [0, 0.05) is 44.1 Å². The molecule has 1 spiro atoms. The molecule has 1 saturated heterocycles. The SMILES string of the molecule is CCN=C(NC1C2CCOC2C12CCC2)N(C)Cc1ccc(OC)cc1.I. The van der Waals surface area contributed by atoms with Crippen LogP contribution in [0.4, 0.5) is 0 Å². The Hall–Kier alpha value is -1.02. The fourth-order valence-electron chi connectivity index (χ4n) is 5.10. The van der Waals surface area contributed by atoms with Crippen molar-refractivity contribution in [2.24, 2.45) is 16.3 Å². The van der Waals surface area contributed by atoms with Gasteiger partial charge >= 0.3 is 0 Å². The van der Waals surface area contributed by atoms with E-state index in [0.29, 0.717) is 23.5 Å². The van der Waals surface area contributed by atoms with E-state index in [1.807, 2.05) is 12.1 Å². The summed E-state index contributed by atoms with van der Waals surface area (Å²) in [6.45, 7) is 4.65. The molecule has 150 valence electrons. The summed E-state index contributed by atoms with van der Waals surface area (Å²) in [4.78, 5) is 7.02. The lowest BCUT2D eigenvalue weighted by atomic mass is 9.46. The number of nitrogens with zero attached hydrogens (tertiary/aromatic N) is 2. The van der Waals surface area contributed by atoms with Crippen LogP contribution in [-0.4, -0.2) is 50.3 Å². The van der Waals surface area contributed by atoms with Crippen LogP contribution >= 0.6 is 24.0 Å².